The highest BCUT2D eigenvalue weighted by atomic mass is 35.5. The molecule has 21 heteroatoms. The Kier molecular flexibility index (Phi) is 20.7. The maximum absolute atomic E-state index is 13.5. The number of nitrogens with zero attached hydrogens (tertiary/aromatic N) is 4. The number of ether oxygens (including phenoxy) is 2. The quantitative estimate of drug-likeness (QED) is 0.0279. The lowest BCUT2D eigenvalue weighted by atomic mass is 10.1. The molecule has 0 saturated heterocycles. The fraction of sp³-hybridized carbons (Fsp3) is 0.265. The van der Waals surface area contributed by atoms with E-state index in [4.69, 9.17) is 67.5 Å². The van der Waals surface area contributed by atoms with Crippen LogP contribution >= 0.6 is 58.0 Å². The number of nitrogens with one attached hydrogen (secondary N) is 4. The van der Waals surface area contributed by atoms with Gasteiger partial charge in [-0.15, -0.1) is 34.8 Å². The molecule has 4 N–H and O–H groups in total. The summed E-state index contributed by atoms with van der Waals surface area (Å²) in [5, 5.41) is 27.1. The number of Topliss-reactive ketones (excluding diaryl/α,β-unsaturated/α-hetero) is 2. The van der Waals surface area contributed by atoms with E-state index in [9.17, 15) is 28.8 Å². The van der Waals surface area contributed by atoms with Crippen molar-refractivity contribution in [3.63, 3.8) is 0 Å². The number of alkyl halides is 3. The first-order valence-electron chi connectivity index (χ1n) is 21.6. The molecule has 0 aliphatic rings. The molecule has 0 bridgehead atoms. The van der Waals surface area contributed by atoms with Crippen LogP contribution in [0.25, 0.3) is 0 Å². The van der Waals surface area contributed by atoms with Crippen LogP contribution in [0.3, 0.4) is 0 Å². The van der Waals surface area contributed by atoms with E-state index >= 15 is 0 Å². The Morgan fingerprint density at radius 3 is 1.40 bits per heavy atom. The molecule has 0 aromatic heterocycles. The molecule has 5 aromatic carbocycles. The third kappa shape index (κ3) is 15.0. The number of hydrogen-bond donors (Lipinski definition) is 4. The van der Waals surface area contributed by atoms with Crippen molar-refractivity contribution in [2.24, 2.45) is 20.5 Å². The molecule has 4 amide bonds. The number of anilines is 4. The Balaban J connectivity index is 1.26. The van der Waals surface area contributed by atoms with Crippen LogP contribution < -0.4 is 30.7 Å². The first-order valence-corrected chi connectivity index (χ1v) is 23.9. The first-order chi connectivity index (χ1) is 33.6. The molecule has 0 aliphatic heterocycles. The Hall–Kier alpha value is -6.43. The minimum atomic E-state index is -1.64. The minimum absolute atomic E-state index is 0.0120. The van der Waals surface area contributed by atoms with Gasteiger partial charge in [-0.25, -0.2) is 0 Å². The second-order valence-corrected chi connectivity index (χ2v) is 16.9. The Labute approximate surface area is 428 Å². The van der Waals surface area contributed by atoms with Gasteiger partial charge in [0.15, 0.2) is 11.6 Å². The summed E-state index contributed by atoms with van der Waals surface area (Å²) in [5.41, 5.74) is 3.74. The van der Waals surface area contributed by atoms with Gasteiger partial charge in [-0.3, -0.25) is 28.8 Å². The molecule has 0 saturated carbocycles. The van der Waals surface area contributed by atoms with Crippen LogP contribution in [0.2, 0.25) is 10.0 Å². The van der Waals surface area contributed by atoms with Crippen molar-refractivity contribution in [2.75, 3.05) is 46.2 Å². The van der Waals surface area contributed by atoms with Gasteiger partial charge < -0.3 is 30.7 Å². The van der Waals surface area contributed by atoms with Gasteiger partial charge in [-0.05, 0) is 136 Å². The second kappa shape index (κ2) is 26.5. The standard InChI is InChI=1S/C49H47Cl5N8O8/c1-5-69-42-21-29(17-19-50)7-14-38(42)57-46(65)31-9-12-35(53)40(24-31)59-61-44(27(3)63)48(67)55-34-11-16-37(33(23-34)26-52)56-49(68)45(28(4)64)62-60-41-25-32(10-13-36(41)54)47(66)58-39-15-8-30(18-20-51)22-43(39)70-6-2/h7-16,21-25,44-45H,5-6,17-20,26H2,1-4H3,(H,55,67)(H,56,68)(H,57,65)(H,58,66). The third-order valence-electron chi connectivity index (χ3n) is 9.97. The molecule has 0 spiro atoms. The number of ketones is 2. The Morgan fingerprint density at radius 2 is 0.986 bits per heavy atom. The van der Waals surface area contributed by atoms with E-state index in [2.05, 4.69) is 41.7 Å². The molecule has 0 heterocycles. The van der Waals surface area contributed by atoms with Gasteiger partial charge in [0.1, 0.15) is 22.9 Å². The van der Waals surface area contributed by atoms with Crippen molar-refractivity contribution in [3.05, 3.63) is 129 Å². The summed E-state index contributed by atoms with van der Waals surface area (Å²) >= 11 is 30.8. The van der Waals surface area contributed by atoms with E-state index in [0.29, 0.717) is 66.3 Å². The molecule has 5 rings (SSSR count). The summed E-state index contributed by atoms with van der Waals surface area (Å²) in [6.45, 7) is 6.67. The number of carbonyl (C=O) groups excluding carboxylic acids is 6. The first kappa shape index (κ1) is 54.5. The zero-order chi connectivity index (χ0) is 50.9. The van der Waals surface area contributed by atoms with Gasteiger partial charge in [0.2, 0.25) is 12.1 Å². The lowest BCUT2D eigenvalue weighted by molar-refractivity contribution is -0.127. The van der Waals surface area contributed by atoms with Crippen molar-refractivity contribution in [2.45, 2.75) is 58.5 Å². The van der Waals surface area contributed by atoms with Crippen LogP contribution in [0.1, 0.15) is 65.1 Å². The van der Waals surface area contributed by atoms with Crippen molar-refractivity contribution in [3.8, 4) is 11.5 Å². The highest BCUT2D eigenvalue weighted by molar-refractivity contribution is 6.33. The SMILES string of the molecule is CCOc1cc(CCCl)ccc1NC(=O)c1ccc(Cl)c(N=NC(C(C)=O)C(=O)Nc2ccc(NC(=O)C(N=Nc3cc(C(=O)Nc4ccc(CCCl)cc4OCC)ccc3Cl)C(C)=O)c(CCl)c2)c1. The highest BCUT2D eigenvalue weighted by Gasteiger charge is 2.26. The highest BCUT2D eigenvalue weighted by Crippen LogP contribution is 2.32. The zero-order valence-electron chi connectivity index (χ0n) is 38.2. The predicted molar refractivity (Wildman–Crippen MR) is 274 cm³/mol. The molecule has 2 unspecified atom stereocenters. The largest absolute Gasteiger partial charge is 0.492 e. The van der Waals surface area contributed by atoms with Gasteiger partial charge in [0.25, 0.3) is 23.6 Å². The fourth-order valence-corrected chi connectivity index (χ4v) is 7.43. The number of rotatable bonds is 23. The number of amides is 4. The maximum Gasteiger partial charge on any atom is 0.258 e. The smallest absolute Gasteiger partial charge is 0.258 e. The zero-order valence-corrected chi connectivity index (χ0v) is 42.0. The molecule has 366 valence electrons. The molecule has 70 heavy (non-hydrogen) atoms. The number of carbonyl (C=O) groups is 6. The van der Waals surface area contributed by atoms with Gasteiger partial charge in [-0.1, -0.05) is 35.3 Å². The van der Waals surface area contributed by atoms with Crippen molar-refractivity contribution < 1.29 is 38.2 Å². The average molecular weight is 1050 g/mol. The van der Waals surface area contributed by atoms with Crippen LogP contribution in [0.5, 0.6) is 11.5 Å². The molecular formula is C49H47Cl5N8O8. The number of benzene rings is 5. The minimum Gasteiger partial charge on any atom is -0.492 e. The lowest BCUT2D eigenvalue weighted by Crippen LogP contribution is -2.32. The van der Waals surface area contributed by atoms with Gasteiger partial charge in [0, 0.05) is 40.1 Å². The predicted octanol–water partition coefficient (Wildman–Crippen LogP) is 12.0. The van der Waals surface area contributed by atoms with E-state index in [1.807, 2.05) is 26.0 Å². The fourth-order valence-electron chi connectivity index (χ4n) is 6.46. The van der Waals surface area contributed by atoms with Gasteiger partial charge >= 0.3 is 0 Å². The van der Waals surface area contributed by atoms with Crippen molar-refractivity contribution in [1.82, 2.24) is 0 Å². The third-order valence-corrected chi connectivity index (χ3v) is 11.3. The molecular weight excluding hydrogens is 1010 g/mol. The number of azo groups is 2. The van der Waals surface area contributed by atoms with Crippen LogP contribution in [-0.2, 0) is 37.9 Å². The van der Waals surface area contributed by atoms with Crippen LogP contribution in [0.15, 0.2) is 111 Å². The lowest BCUT2D eigenvalue weighted by Gasteiger charge is -2.15. The molecule has 2 atom stereocenters. The normalized spacial score (nSPS) is 12.0. The summed E-state index contributed by atoms with van der Waals surface area (Å²) in [5.74, 6) is -2.46. The van der Waals surface area contributed by atoms with Crippen LogP contribution in [0.4, 0.5) is 34.1 Å². The maximum atomic E-state index is 13.5. The molecule has 0 radical (unpaired) electrons. The summed E-state index contributed by atoms with van der Waals surface area (Å²) < 4.78 is 11.4. The summed E-state index contributed by atoms with van der Waals surface area (Å²) in [7, 11) is 0. The average Bonchev–Trinajstić information content (AvgIpc) is 3.32. The van der Waals surface area contributed by atoms with E-state index in [0.717, 1.165) is 25.0 Å². The Bertz CT molecular complexity index is 2830. The molecule has 16 nitrogen and oxygen atoms in total. The van der Waals surface area contributed by atoms with Crippen LogP contribution in [-0.4, -0.2) is 72.3 Å². The summed E-state index contributed by atoms with van der Waals surface area (Å²) in [4.78, 5) is 78.9. The molecule has 0 aliphatic carbocycles. The number of hydrogen-bond acceptors (Lipinski definition) is 12. The second-order valence-electron chi connectivity index (χ2n) is 15.1. The monoisotopic (exact) mass is 1050 g/mol. The van der Waals surface area contributed by atoms with Gasteiger partial charge in [0.05, 0.1) is 34.6 Å². The van der Waals surface area contributed by atoms with E-state index < -0.39 is 47.3 Å². The molecule has 0 fully saturated rings. The van der Waals surface area contributed by atoms with Gasteiger partial charge in [-0.2, -0.15) is 20.5 Å². The summed E-state index contributed by atoms with van der Waals surface area (Å²) in [6, 6.07) is 20.2. The Morgan fingerprint density at radius 1 is 0.543 bits per heavy atom. The summed E-state index contributed by atoms with van der Waals surface area (Å²) in [6.07, 6.45) is 1.23. The van der Waals surface area contributed by atoms with E-state index in [1.165, 1.54) is 54.6 Å². The van der Waals surface area contributed by atoms with Crippen LogP contribution in [0, 0.1) is 0 Å². The van der Waals surface area contributed by atoms with E-state index in [-0.39, 0.29) is 49.8 Å². The van der Waals surface area contributed by atoms with E-state index in [1.54, 1.807) is 24.3 Å². The topological polar surface area (TPSA) is 218 Å². The number of halogens is 5. The van der Waals surface area contributed by atoms with Crippen molar-refractivity contribution >= 4 is 127 Å². The number of aryl methyl sites for hydroxylation is 2. The van der Waals surface area contributed by atoms with Crippen molar-refractivity contribution in [1.29, 1.82) is 0 Å². The molecule has 5 aromatic rings.